The Labute approximate surface area is 120 Å². The second-order valence-electron chi connectivity index (χ2n) is 5.49. The SMILES string of the molecule is Cc1ccc(C(=O)O)c(-c2c(C)c(C)cc(C)c2C)c1. The summed E-state index contributed by atoms with van der Waals surface area (Å²) in [6, 6.07) is 7.67. The molecule has 2 aromatic carbocycles. The Morgan fingerprint density at radius 2 is 1.45 bits per heavy atom. The zero-order valence-electron chi connectivity index (χ0n) is 12.7. The number of carboxylic acid groups (broad SMARTS) is 1. The summed E-state index contributed by atoms with van der Waals surface area (Å²) in [5, 5.41) is 9.44. The molecule has 2 aromatic rings. The van der Waals surface area contributed by atoms with E-state index in [-0.39, 0.29) is 0 Å². The van der Waals surface area contributed by atoms with Crippen LogP contribution in [-0.4, -0.2) is 11.1 Å². The third kappa shape index (κ3) is 2.34. The van der Waals surface area contributed by atoms with Crippen molar-refractivity contribution in [2.24, 2.45) is 0 Å². The van der Waals surface area contributed by atoms with Gasteiger partial charge in [-0.15, -0.1) is 0 Å². The molecule has 2 rings (SSSR count). The fraction of sp³-hybridized carbons (Fsp3) is 0.278. The van der Waals surface area contributed by atoms with E-state index < -0.39 is 5.97 Å². The molecule has 20 heavy (non-hydrogen) atoms. The van der Waals surface area contributed by atoms with E-state index in [4.69, 9.17) is 0 Å². The number of aromatic carboxylic acids is 1. The summed E-state index contributed by atoms with van der Waals surface area (Å²) < 4.78 is 0. The minimum atomic E-state index is -0.877. The molecule has 0 unspecified atom stereocenters. The first-order chi connectivity index (χ1) is 9.32. The lowest BCUT2D eigenvalue weighted by Crippen LogP contribution is -2.03. The van der Waals surface area contributed by atoms with Gasteiger partial charge in [-0.2, -0.15) is 0 Å². The second-order valence-corrected chi connectivity index (χ2v) is 5.49. The summed E-state index contributed by atoms with van der Waals surface area (Å²) in [6.45, 7) is 10.3. The van der Waals surface area contributed by atoms with Crippen LogP contribution in [0.15, 0.2) is 24.3 Å². The molecule has 0 amide bonds. The van der Waals surface area contributed by atoms with Crippen LogP contribution < -0.4 is 0 Å². The predicted molar refractivity (Wildman–Crippen MR) is 82.5 cm³/mol. The Kier molecular flexibility index (Phi) is 3.67. The lowest BCUT2D eigenvalue weighted by molar-refractivity contribution is 0.0697. The normalized spacial score (nSPS) is 10.7. The highest BCUT2D eigenvalue weighted by Gasteiger charge is 2.17. The average Bonchev–Trinajstić information content (AvgIpc) is 2.36. The first kappa shape index (κ1) is 14.3. The van der Waals surface area contributed by atoms with Gasteiger partial charge in [0.2, 0.25) is 0 Å². The molecule has 0 aliphatic rings. The molecule has 0 spiro atoms. The molecule has 2 heteroatoms. The van der Waals surface area contributed by atoms with Gasteiger partial charge >= 0.3 is 5.97 Å². The number of carboxylic acids is 1. The lowest BCUT2D eigenvalue weighted by Gasteiger charge is -2.17. The number of hydrogen-bond donors (Lipinski definition) is 1. The average molecular weight is 268 g/mol. The van der Waals surface area contributed by atoms with E-state index in [0.29, 0.717) is 5.56 Å². The van der Waals surface area contributed by atoms with Crippen LogP contribution in [0.25, 0.3) is 11.1 Å². The van der Waals surface area contributed by atoms with Crippen LogP contribution in [0.5, 0.6) is 0 Å². The highest BCUT2D eigenvalue weighted by Crippen LogP contribution is 2.34. The summed E-state index contributed by atoms with van der Waals surface area (Å²) in [7, 11) is 0. The molecular formula is C18H20O2. The topological polar surface area (TPSA) is 37.3 Å². The van der Waals surface area contributed by atoms with E-state index in [1.165, 1.54) is 11.1 Å². The molecule has 0 aliphatic carbocycles. The maximum absolute atomic E-state index is 11.5. The number of rotatable bonds is 2. The molecule has 0 saturated carbocycles. The van der Waals surface area contributed by atoms with Gasteiger partial charge in [0.1, 0.15) is 0 Å². The molecule has 0 fully saturated rings. The van der Waals surface area contributed by atoms with Crippen molar-refractivity contribution in [2.75, 3.05) is 0 Å². The zero-order chi connectivity index (χ0) is 15.0. The van der Waals surface area contributed by atoms with Crippen molar-refractivity contribution in [2.45, 2.75) is 34.6 Å². The van der Waals surface area contributed by atoms with Crippen molar-refractivity contribution in [3.05, 3.63) is 57.6 Å². The Hall–Kier alpha value is -2.09. The van der Waals surface area contributed by atoms with Crippen LogP contribution in [0.1, 0.15) is 38.2 Å². The maximum atomic E-state index is 11.5. The van der Waals surface area contributed by atoms with Crippen LogP contribution in [0, 0.1) is 34.6 Å². The minimum Gasteiger partial charge on any atom is -0.478 e. The third-order valence-electron chi connectivity index (χ3n) is 4.04. The van der Waals surface area contributed by atoms with Gasteiger partial charge in [0.25, 0.3) is 0 Å². The molecular weight excluding hydrogens is 248 g/mol. The van der Waals surface area contributed by atoms with Crippen molar-refractivity contribution in [1.29, 1.82) is 0 Å². The van der Waals surface area contributed by atoms with E-state index in [1.807, 2.05) is 19.1 Å². The van der Waals surface area contributed by atoms with Gasteiger partial charge in [-0.1, -0.05) is 23.8 Å². The lowest BCUT2D eigenvalue weighted by atomic mass is 9.87. The van der Waals surface area contributed by atoms with Crippen LogP contribution in [0.4, 0.5) is 0 Å². The van der Waals surface area contributed by atoms with Gasteiger partial charge in [-0.05, 0) is 74.1 Å². The summed E-state index contributed by atoms with van der Waals surface area (Å²) >= 11 is 0. The van der Waals surface area contributed by atoms with Crippen molar-refractivity contribution < 1.29 is 9.90 Å². The monoisotopic (exact) mass is 268 g/mol. The molecule has 0 radical (unpaired) electrons. The fourth-order valence-electron chi connectivity index (χ4n) is 2.67. The summed E-state index contributed by atoms with van der Waals surface area (Å²) in [5.74, 6) is -0.877. The quantitative estimate of drug-likeness (QED) is 0.864. The van der Waals surface area contributed by atoms with E-state index in [0.717, 1.165) is 27.8 Å². The standard InChI is InChI=1S/C18H20O2/c1-10-6-7-15(18(19)20)16(8-10)17-13(4)11(2)9-12(3)14(17)5/h6-9H,1-5H3,(H,19,20). The molecule has 0 aliphatic heterocycles. The first-order valence-corrected chi connectivity index (χ1v) is 6.74. The third-order valence-corrected chi connectivity index (χ3v) is 4.04. The van der Waals surface area contributed by atoms with Gasteiger partial charge < -0.3 is 5.11 Å². The highest BCUT2D eigenvalue weighted by molar-refractivity contribution is 5.97. The number of hydrogen-bond acceptors (Lipinski definition) is 1. The van der Waals surface area contributed by atoms with Crippen molar-refractivity contribution in [3.63, 3.8) is 0 Å². The van der Waals surface area contributed by atoms with E-state index in [2.05, 4.69) is 33.8 Å². The first-order valence-electron chi connectivity index (χ1n) is 6.74. The smallest absolute Gasteiger partial charge is 0.336 e. The Balaban J connectivity index is 2.88. The van der Waals surface area contributed by atoms with E-state index in [1.54, 1.807) is 6.07 Å². The predicted octanol–water partition coefficient (Wildman–Crippen LogP) is 4.59. The maximum Gasteiger partial charge on any atom is 0.336 e. The molecule has 0 aromatic heterocycles. The van der Waals surface area contributed by atoms with E-state index in [9.17, 15) is 9.90 Å². The summed E-state index contributed by atoms with van der Waals surface area (Å²) in [6.07, 6.45) is 0. The number of carbonyl (C=O) groups is 1. The molecule has 104 valence electrons. The molecule has 0 heterocycles. The van der Waals surface area contributed by atoms with Crippen molar-refractivity contribution in [1.82, 2.24) is 0 Å². The molecule has 2 nitrogen and oxygen atoms in total. The van der Waals surface area contributed by atoms with Gasteiger partial charge in [0.15, 0.2) is 0 Å². The van der Waals surface area contributed by atoms with Crippen LogP contribution in [0.2, 0.25) is 0 Å². The number of benzene rings is 2. The summed E-state index contributed by atoms with van der Waals surface area (Å²) in [4.78, 5) is 11.5. The molecule has 0 atom stereocenters. The van der Waals surface area contributed by atoms with Gasteiger partial charge in [0.05, 0.1) is 5.56 Å². The minimum absolute atomic E-state index is 0.367. The Morgan fingerprint density at radius 1 is 0.900 bits per heavy atom. The second kappa shape index (κ2) is 5.12. The molecule has 0 bridgehead atoms. The fourth-order valence-corrected chi connectivity index (χ4v) is 2.67. The van der Waals surface area contributed by atoms with Crippen molar-refractivity contribution >= 4 is 5.97 Å². The van der Waals surface area contributed by atoms with Crippen LogP contribution in [-0.2, 0) is 0 Å². The molecule has 0 saturated heterocycles. The van der Waals surface area contributed by atoms with E-state index >= 15 is 0 Å². The molecule has 1 N–H and O–H groups in total. The van der Waals surface area contributed by atoms with Crippen LogP contribution in [0.3, 0.4) is 0 Å². The zero-order valence-corrected chi connectivity index (χ0v) is 12.7. The summed E-state index contributed by atoms with van der Waals surface area (Å²) in [5.41, 5.74) is 8.02. The Bertz CT molecular complexity index is 671. The van der Waals surface area contributed by atoms with Crippen molar-refractivity contribution in [3.8, 4) is 11.1 Å². The van der Waals surface area contributed by atoms with Crippen LogP contribution >= 0.6 is 0 Å². The Morgan fingerprint density at radius 3 is 1.95 bits per heavy atom. The van der Waals surface area contributed by atoms with Gasteiger partial charge in [-0.3, -0.25) is 0 Å². The van der Waals surface area contributed by atoms with Gasteiger partial charge in [0, 0.05) is 0 Å². The van der Waals surface area contributed by atoms with Gasteiger partial charge in [-0.25, -0.2) is 4.79 Å². The highest BCUT2D eigenvalue weighted by atomic mass is 16.4. The number of aryl methyl sites for hydroxylation is 3. The largest absolute Gasteiger partial charge is 0.478 e.